The second kappa shape index (κ2) is 10.4. The van der Waals surface area contributed by atoms with Crippen molar-refractivity contribution in [2.45, 2.75) is 57.8 Å². The van der Waals surface area contributed by atoms with Crippen LogP contribution >= 0.6 is 0 Å². The van der Waals surface area contributed by atoms with Crippen LogP contribution in [0.2, 0.25) is 0 Å². The van der Waals surface area contributed by atoms with E-state index in [1.807, 2.05) is 18.3 Å². The molecule has 1 aromatic carbocycles. The number of carboxylic acid groups (broad SMARTS) is 1. The van der Waals surface area contributed by atoms with Gasteiger partial charge in [-0.1, -0.05) is 19.3 Å². The zero-order valence-electron chi connectivity index (χ0n) is 18.8. The Morgan fingerprint density at radius 2 is 2.06 bits per heavy atom. The quantitative estimate of drug-likeness (QED) is 0.570. The third-order valence-corrected chi connectivity index (χ3v) is 7.55. The van der Waals surface area contributed by atoms with Crippen LogP contribution in [0.5, 0.6) is 5.75 Å². The van der Waals surface area contributed by atoms with Gasteiger partial charge in [-0.15, -0.1) is 0 Å². The van der Waals surface area contributed by atoms with Crippen LogP contribution in [0.4, 0.5) is 0 Å². The number of methoxy groups -OCH3 is 1. The molecule has 0 spiro atoms. The number of likely N-dealkylation sites (tertiary alicyclic amines) is 1. The van der Waals surface area contributed by atoms with Gasteiger partial charge in [0.05, 0.1) is 12.6 Å². The van der Waals surface area contributed by atoms with Gasteiger partial charge in [0.25, 0.3) is 0 Å². The molecule has 2 aliphatic rings. The van der Waals surface area contributed by atoms with Gasteiger partial charge in [-0.25, -0.2) is 0 Å². The molecule has 1 saturated carbocycles. The predicted molar refractivity (Wildman–Crippen MR) is 123 cm³/mol. The van der Waals surface area contributed by atoms with Gasteiger partial charge in [0, 0.05) is 24.5 Å². The van der Waals surface area contributed by atoms with Crippen molar-refractivity contribution in [1.82, 2.24) is 9.88 Å². The minimum absolute atomic E-state index is 0.280. The van der Waals surface area contributed by atoms with Crippen LogP contribution in [-0.4, -0.2) is 47.7 Å². The number of fused-ring (bicyclic) bond motifs is 1. The lowest BCUT2D eigenvalue weighted by atomic mass is 9.79. The molecule has 168 valence electrons. The summed E-state index contributed by atoms with van der Waals surface area (Å²) in [5.41, 5.74) is 2.30. The summed E-state index contributed by atoms with van der Waals surface area (Å²) < 4.78 is 5.40. The Balaban J connectivity index is 1.33. The second-order valence-electron chi connectivity index (χ2n) is 9.54. The summed E-state index contributed by atoms with van der Waals surface area (Å²) in [5, 5.41) is 10.6. The number of hydrogen-bond donors (Lipinski definition) is 1. The topological polar surface area (TPSA) is 62.7 Å². The Bertz CT molecular complexity index is 880. The Morgan fingerprint density at radius 1 is 1.19 bits per heavy atom. The molecule has 0 bridgehead atoms. The van der Waals surface area contributed by atoms with Crippen molar-refractivity contribution >= 4 is 16.9 Å². The number of piperidine rings is 1. The first-order chi connectivity index (χ1) is 15.1. The smallest absolute Gasteiger partial charge is 0.303 e. The highest BCUT2D eigenvalue weighted by atomic mass is 16.5. The van der Waals surface area contributed by atoms with Crippen LogP contribution in [0.25, 0.3) is 10.9 Å². The van der Waals surface area contributed by atoms with Gasteiger partial charge in [-0.05, 0) is 92.8 Å². The van der Waals surface area contributed by atoms with Crippen LogP contribution in [0, 0.1) is 17.8 Å². The molecule has 2 aromatic rings. The molecule has 0 radical (unpaired) electrons. The number of rotatable bonds is 10. The number of pyridine rings is 1. The summed E-state index contributed by atoms with van der Waals surface area (Å²) in [5.74, 6) is 1.92. The van der Waals surface area contributed by atoms with Crippen LogP contribution in [0.15, 0.2) is 30.5 Å². The van der Waals surface area contributed by atoms with E-state index >= 15 is 0 Å². The molecule has 0 amide bonds. The SMILES string of the molecule is COc1ccc2nccc(CCC[C@@H]3CCN(CCC4CCC4)C[C@@H]3CC(=O)O)c2c1. The number of carboxylic acids is 1. The summed E-state index contributed by atoms with van der Waals surface area (Å²) >= 11 is 0. The number of ether oxygens (including phenoxy) is 1. The highest BCUT2D eigenvalue weighted by Crippen LogP contribution is 2.33. The number of aliphatic carboxylic acids is 1. The molecule has 2 fully saturated rings. The molecule has 31 heavy (non-hydrogen) atoms. The van der Waals surface area contributed by atoms with Crippen LogP contribution < -0.4 is 4.74 Å². The van der Waals surface area contributed by atoms with E-state index in [9.17, 15) is 9.90 Å². The monoisotopic (exact) mass is 424 g/mol. The van der Waals surface area contributed by atoms with E-state index in [2.05, 4.69) is 22.0 Å². The summed E-state index contributed by atoms with van der Waals surface area (Å²) in [7, 11) is 1.69. The fraction of sp³-hybridized carbons (Fsp3) is 0.615. The number of hydrogen-bond acceptors (Lipinski definition) is 4. The van der Waals surface area contributed by atoms with Crippen molar-refractivity contribution in [2.75, 3.05) is 26.7 Å². The Labute approximate surface area is 185 Å². The normalized spacial score (nSPS) is 22.4. The van der Waals surface area contributed by atoms with Crippen molar-refractivity contribution in [3.8, 4) is 5.75 Å². The predicted octanol–water partition coefficient (Wildman–Crippen LogP) is 5.17. The second-order valence-corrected chi connectivity index (χ2v) is 9.54. The summed E-state index contributed by atoms with van der Waals surface area (Å²) in [6.07, 6.45) is 12.0. The van der Waals surface area contributed by atoms with Crippen LogP contribution in [0.1, 0.15) is 56.9 Å². The van der Waals surface area contributed by atoms with E-state index in [0.29, 0.717) is 12.3 Å². The Hall–Kier alpha value is -2.14. The van der Waals surface area contributed by atoms with Gasteiger partial charge in [-0.2, -0.15) is 0 Å². The third-order valence-electron chi connectivity index (χ3n) is 7.55. The van der Waals surface area contributed by atoms with E-state index < -0.39 is 5.97 Å². The summed E-state index contributed by atoms with van der Waals surface area (Å²) in [6, 6.07) is 8.15. The van der Waals surface area contributed by atoms with Crippen molar-refractivity contribution in [3.05, 3.63) is 36.0 Å². The molecule has 5 heteroatoms. The number of aryl methyl sites for hydroxylation is 1. The van der Waals surface area contributed by atoms with Crippen LogP contribution in [-0.2, 0) is 11.2 Å². The van der Waals surface area contributed by atoms with E-state index in [1.54, 1.807) is 7.11 Å². The van der Waals surface area contributed by atoms with Gasteiger partial charge in [-0.3, -0.25) is 9.78 Å². The molecule has 5 nitrogen and oxygen atoms in total. The fourth-order valence-corrected chi connectivity index (χ4v) is 5.42. The molecule has 0 unspecified atom stereocenters. The Kier molecular flexibility index (Phi) is 7.44. The maximum Gasteiger partial charge on any atom is 0.303 e. The largest absolute Gasteiger partial charge is 0.497 e. The molecule has 4 rings (SSSR count). The number of benzene rings is 1. The van der Waals surface area contributed by atoms with Gasteiger partial charge in [0.15, 0.2) is 0 Å². The van der Waals surface area contributed by atoms with Gasteiger partial charge < -0.3 is 14.7 Å². The van der Waals surface area contributed by atoms with Gasteiger partial charge in [0.2, 0.25) is 0 Å². The average molecular weight is 425 g/mol. The zero-order valence-corrected chi connectivity index (χ0v) is 18.8. The number of aromatic nitrogens is 1. The van der Waals surface area contributed by atoms with E-state index in [4.69, 9.17) is 4.74 Å². The molecule has 2 heterocycles. The highest BCUT2D eigenvalue weighted by molar-refractivity contribution is 5.83. The fourth-order valence-electron chi connectivity index (χ4n) is 5.42. The van der Waals surface area contributed by atoms with Crippen molar-refractivity contribution < 1.29 is 14.6 Å². The molecule has 1 aliphatic carbocycles. The minimum Gasteiger partial charge on any atom is -0.497 e. The summed E-state index contributed by atoms with van der Waals surface area (Å²) in [6.45, 7) is 3.24. The lowest BCUT2D eigenvalue weighted by Crippen LogP contribution is -2.42. The van der Waals surface area contributed by atoms with Gasteiger partial charge in [0.1, 0.15) is 5.75 Å². The van der Waals surface area contributed by atoms with Crippen molar-refractivity contribution in [3.63, 3.8) is 0 Å². The molecule has 1 N–H and O–H groups in total. The van der Waals surface area contributed by atoms with Gasteiger partial charge >= 0.3 is 5.97 Å². The molecule has 1 aromatic heterocycles. The maximum absolute atomic E-state index is 11.5. The Morgan fingerprint density at radius 3 is 2.81 bits per heavy atom. The third kappa shape index (κ3) is 5.76. The maximum atomic E-state index is 11.5. The minimum atomic E-state index is -0.650. The molecular weight excluding hydrogens is 388 g/mol. The molecular formula is C26H36N2O3. The molecule has 1 saturated heterocycles. The van der Waals surface area contributed by atoms with E-state index in [0.717, 1.165) is 67.9 Å². The first-order valence-corrected chi connectivity index (χ1v) is 12.0. The lowest BCUT2D eigenvalue weighted by molar-refractivity contribution is -0.139. The van der Waals surface area contributed by atoms with Crippen molar-refractivity contribution in [2.24, 2.45) is 17.8 Å². The highest BCUT2D eigenvalue weighted by Gasteiger charge is 2.31. The summed E-state index contributed by atoms with van der Waals surface area (Å²) in [4.78, 5) is 18.5. The van der Waals surface area contributed by atoms with Crippen LogP contribution in [0.3, 0.4) is 0 Å². The molecule has 1 aliphatic heterocycles. The van der Waals surface area contributed by atoms with E-state index in [-0.39, 0.29) is 5.92 Å². The number of nitrogens with zero attached hydrogens (tertiary/aromatic N) is 2. The number of carbonyl (C=O) groups is 1. The first kappa shape index (κ1) is 22.1. The lowest BCUT2D eigenvalue weighted by Gasteiger charge is -2.39. The first-order valence-electron chi connectivity index (χ1n) is 12.0. The standard InChI is InChI=1S/C26H36N2O3/c1-31-23-8-9-25-24(17-23)21(10-13-27-25)7-3-6-20-12-15-28(14-11-19-4-2-5-19)18-22(20)16-26(29)30/h8-10,13,17,19-20,22H,2-7,11-12,14-16,18H2,1H3,(H,29,30)/t20-,22+/m1/s1. The van der Waals surface area contributed by atoms with Crippen molar-refractivity contribution in [1.29, 1.82) is 0 Å². The average Bonchev–Trinajstić information content (AvgIpc) is 2.73. The molecule has 2 atom stereocenters. The van der Waals surface area contributed by atoms with E-state index in [1.165, 1.54) is 31.2 Å². The zero-order chi connectivity index (χ0) is 21.6.